The average Bonchev–Trinajstić information content (AvgIpc) is 3.25. The Morgan fingerprint density at radius 1 is 1.27 bits per heavy atom. The zero-order valence-corrected chi connectivity index (χ0v) is 14.4. The van der Waals surface area contributed by atoms with Crippen molar-refractivity contribution in [3.8, 4) is 11.8 Å². The summed E-state index contributed by atoms with van der Waals surface area (Å²) in [6.07, 6.45) is 0. The molecule has 3 aromatic rings. The Labute approximate surface area is 150 Å². The second-order valence-corrected chi connectivity index (χ2v) is 5.65. The van der Waals surface area contributed by atoms with Gasteiger partial charge in [-0.2, -0.15) is 5.26 Å². The minimum atomic E-state index is -0.339. The molecule has 132 valence electrons. The molecule has 0 fully saturated rings. The topological polar surface area (TPSA) is 101 Å². The molecular formula is C19H17N3O4. The SMILES string of the molecule is Cc1noc(C)c1CNC(=O)c1ccc(COc2ccccc2C#N)o1. The molecule has 2 heterocycles. The summed E-state index contributed by atoms with van der Waals surface area (Å²) in [6.45, 7) is 4.04. The van der Waals surface area contributed by atoms with Gasteiger partial charge >= 0.3 is 0 Å². The maximum absolute atomic E-state index is 12.2. The summed E-state index contributed by atoms with van der Waals surface area (Å²) in [4.78, 5) is 12.2. The van der Waals surface area contributed by atoms with Crippen LogP contribution >= 0.6 is 0 Å². The van der Waals surface area contributed by atoms with Gasteiger partial charge in [-0.05, 0) is 38.1 Å². The number of benzene rings is 1. The monoisotopic (exact) mass is 351 g/mol. The number of para-hydroxylation sites is 1. The normalized spacial score (nSPS) is 10.3. The van der Waals surface area contributed by atoms with E-state index in [-0.39, 0.29) is 18.3 Å². The predicted molar refractivity (Wildman–Crippen MR) is 91.3 cm³/mol. The van der Waals surface area contributed by atoms with Crippen molar-refractivity contribution in [1.82, 2.24) is 10.5 Å². The Bertz CT molecular complexity index is 946. The Balaban J connectivity index is 1.59. The smallest absolute Gasteiger partial charge is 0.287 e. The predicted octanol–water partition coefficient (Wildman–Crippen LogP) is 3.27. The van der Waals surface area contributed by atoms with Gasteiger partial charge in [0.2, 0.25) is 0 Å². The number of aromatic nitrogens is 1. The van der Waals surface area contributed by atoms with Crippen LogP contribution in [0.1, 0.15) is 38.9 Å². The van der Waals surface area contributed by atoms with Crippen LogP contribution in [0.25, 0.3) is 0 Å². The Hall–Kier alpha value is -3.53. The molecule has 0 saturated carbocycles. The number of furan rings is 1. The summed E-state index contributed by atoms with van der Waals surface area (Å²) in [7, 11) is 0. The van der Waals surface area contributed by atoms with E-state index in [1.54, 1.807) is 43.3 Å². The third-order valence-electron chi connectivity index (χ3n) is 3.87. The molecule has 26 heavy (non-hydrogen) atoms. The lowest BCUT2D eigenvalue weighted by Crippen LogP contribution is -2.22. The molecule has 1 N–H and O–H groups in total. The van der Waals surface area contributed by atoms with Gasteiger partial charge < -0.3 is 19.0 Å². The first-order valence-corrected chi connectivity index (χ1v) is 7.99. The van der Waals surface area contributed by atoms with Gasteiger partial charge in [-0.1, -0.05) is 17.3 Å². The van der Waals surface area contributed by atoms with Crippen LogP contribution in [-0.4, -0.2) is 11.1 Å². The lowest BCUT2D eigenvalue weighted by Gasteiger charge is -2.05. The van der Waals surface area contributed by atoms with Gasteiger partial charge in [0.15, 0.2) is 5.76 Å². The average molecular weight is 351 g/mol. The Kier molecular flexibility index (Phi) is 5.04. The van der Waals surface area contributed by atoms with Crippen molar-refractivity contribution in [3.63, 3.8) is 0 Å². The van der Waals surface area contributed by atoms with Crippen LogP contribution < -0.4 is 10.1 Å². The zero-order valence-electron chi connectivity index (χ0n) is 14.4. The number of carbonyl (C=O) groups is 1. The number of nitrogens with one attached hydrogen (secondary N) is 1. The maximum Gasteiger partial charge on any atom is 0.287 e. The van der Waals surface area contributed by atoms with Crippen molar-refractivity contribution in [1.29, 1.82) is 5.26 Å². The van der Waals surface area contributed by atoms with Gasteiger partial charge in [-0.15, -0.1) is 0 Å². The van der Waals surface area contributed by atoms with Gasteiger partial charge in [-0.25, -0.2) is 0 Å². The van der Waals surface area contributed by atoms with Crippen LogP contribution in [-0.2, 0) is 13.2 Å². The van der Waals surface area contributed by atoms with Gasteiger partial charge in [0.1, 0.15) is 29.9 Å². The molecule has 0 aliphatic carbocycles. The molecule has 0 bridgehead atoms. The van der Waals surface area contributed by atoms with E-state index < -0.39 is 0 Å². The molecule has 0 unspecified atom stereocenters. The molecule has 0 aliphatic rings. The van der Waals surface area contributed by atoms with E-state index in [1.165, 1.54) is 0 Å². The first-order valence-electron chi connectivity index (χ1n) is 7.99. The van der Waals surface area contributed by atoms with Crippen LogP contribution in [0.5, 0.6) is 5.75 Å². The number of carbonyl (C=O) groups excluding carboxylic acids is 1. The van der Waals surface area contributed by atoms with Crippen LogP contribution in [0, 0.1) is 25.2 Å². The number of ether oxygens (including phenoxy) is 1. The van der Waals surface area contributed by atoms with Crippen molar-refractivity contribution in [2.75, 3.05) is 0 Å². The van der Waals surface area contributed by atoms with Crippen molar-refractivity contribution in [2.45, 2.75) is 27.0 Å². The first kappa shape index (κ1) is 17.3. The van der Waals surface area contributed by atoms with Crippen LogP contribution in [0.3, 0.4) is 0 Å². The molecule has 0 atom stereocenters. The minimum absolute atomic E-state index is 0.121. The van der Waals surface area contributed by atoms with Gasteiger partial charge in [0.25, 0.3) is 5.91 Å². The highest BCUT2D eigenvalue weighted by Gasteiger charge is 2.14. The van der Waals surface area contributed by atoms with E-state index in [0.717, 1.165) is 11.3 Å². The Morgan fingerprint density at radius 2 is 2.08 bits per heavy atom. The molecule has 0 radical (unpaired) electrons. The van der Waals surface area contributed by atoms with Crippen LogP contribution in [0.2, 0.25) is 0 Å². The van der Waals surface area contributed by atoms with E-state index >= 15 is 0 Å². The Morgan fingerprint density at radius 3 is 2.81 bits per heavy atom. The molecule has 1 amide bonds. The molecule has 0 spiro atoms. The molecule has 0 aliphatic heterocycles. The summed E-state index contributed by atoms with van der Waals surface area (Å²) < 4.78 is 16.2. The minimum Gasteiger partial charge on any atom is -0.484 e. The highest BCUT2D eigenvalue weighted by atomic mass is 16.5. The van der Waals surface area contributed by atoms with Gasteiger partial charge in [0.05, 0.1) is 11.3 Å². The molecule has 2 aromatic heterocycles. The fourth-order valence-electron chi connectivity index (χ4n) is 2.42. The zero-order chi connectivity index (χ0) is 18.5. The lowest BCUT2D eigenvalue weighted by molar-refractivity contribution is 0.0919. The van der Waals surface area contributed by atoms with Gasteiger partial charge in [-0.3, -0.25) is 4.79 Å². The van der Waals surface area contributed by atoms with Gasteiger partial charge in [0, 0.05) is 12.1 Å². The second-order valence-electron chi connectivity index (χ2n) is 5.65. The largest absolute Gasteiger partial charge is 0.484 e. The number of nitrogens with zero attached hydrogens (tertiary/aromatic N) is 2. The van der Waals surface area contributed by atoms with Crippen molar-refractivity contribution in [2.24, 2.45) is 0 Å². The number of aryl methyl sites for hydroxylation is 2. The van der Waals surface area contributed by atoms with E-state index in [2.05, 4.69) is 16.5 Å². The molecule has 1 aromatic carbocycles. The molecule has 7 nitrogen and oxygen atoms in total. The summed E-state index contributed by atoms with van der Waals surface area (Å²) >= 11 is 0. The molecule has 7 heteroatoms. The number of nitriles is 1. The fraction of sp³-hybridized carbons (Fsp3) is 0.211. The second kappa shape index (κ2) is 7.57. The summed E-state index contributed by atoms with van der Waals surface area (Å²) in [6, 6.07) is 12.2. The maximum atomic E-state index is 12.2. The highest BCUT2D eigenvalue weighted by molar-refractivity contribution is 5.91. The standard InChI is InChI=1S/C19H17N3O4/c1-12-16(13(2)26-22-12)10-21-19(23)18-8-7-15(25-18)11-24-17-6-4-3-5-14(17)9-20/h3-8H,10-11H2,1-2H3,(H,21,23). The first-order chi connectivity index (χ1) is 12.6. The van der Waals surface area contributed by atoms with E-state index in [1.807, 2.05) is 6.92 Å². The summed E-state index contributed by atoms with van der Waals surface area (Å²) in [5.41, 5.74) is 2.03. The van der Waals surface area contributed by atoms with Crippen molar-refractivity contribution < 1.29 is 18.5 Å². The quantitative estimate of drug-likeness (QED) is 0.731. The number of amides is 1. The van der Waals surface area contributed by atoms with E-state index in [9.17, 15) is 4.79 Å². The highest BCUT2D eigenvalue weighted by Crippen LogP contribution is 2.19. The number of rotatable bonds is 6. The number of hydrogen-bond donors (Lipinski definition) is 1. The summed E-state index contributed by atoms with van der Waals surface area (Å²) in [5, 5.41) is 15.7. The van der Waals surface area contributed by atoms with E-state index in [0.29, 0.717) is 29.4 Å². The van der Waals surface area contributed by atoms with Crippen molar-refractivity contribution >= 4 is 5.91 Å². The fourth-order valence-corrected chi connectivity index (χ4v) is 2.42. The van der Waals surface area contributed by atoms with Crippen LogP contribution in [0.15, 0.2) is 45.3 Å². The van der Waals surface area contributed by atoms with E-state index in [4.69, 9.17) is 18.9 Å². The number of hydrogen-bond acceptors (Lipinski definition) is 6. The molecular weight excluding hydrogens is 334 g/mol. The van der Waals surface area contributed by atoms with Crippen molar-refractivity contribution in [3.05, 3.63) is 70.5 Å². The molecule has 3 rings (SSSR count). The molecule has 0 saturated heterocycles. The van der Waals surface area contributed by atoms with Crippen LogP contribution in [0.4, 0.5) is 0 Å². The third-order valence-corrected chi connectivity index (χ3v) is 3.87. The lowest BCUT2D eigenvalue weighted by atomic mass is 10.2. The third kappa shape index (κ3) is 3.75. The summed E-state index contributed by atoms with van der Waals surface area (Å²) in [5.74, 6) is 1.47.